The van der Waals surface area contributed by atoms with Crippen LogP contribution in [0.2, 0.25) is 0 Å². The van der Waals surface area contributed by atoms with Gasteiger partial charge in [0.2, 0.25) is 5.88 Å². The van der Waals surface area contributed by atoms with Crippen LogP contribution >= 0.6 is 0 Å². The quantitative estimate of drug-likeness (QED) is 0.652. The number of aliphatic imine (C=N–C) groups is 1. The van der Waals surface area contributed by atoms with Crippen molar-refractivity contribution in [2.75, 3.05) is 12.4 Å². The van der Waals surface area contributed by atoms with Gasteiger partial charge >= 0.3 is 0 Å². The Morgan fingerprint density at radius 1 is 1.35 bits per heavy atom. The highest BCUT2D eigenvalue weighted by Gasteiger charge is 2.35. The van der Waals surface area contributed by atoms with Gasteiger partial charge in [0, 0.05) is 17.3 Å². The Morgan fingerprint density at radius 3 is 2.84 bits per heavy atom. The Morgan fingerprint density at radius 2 is 2.16 bits per heavy atom. The van der Waals surface area contributed by atoms with Gasteiger partial charge in [0.05, 0.1) is 26.0 Å². The maximum Gasteiger partial charge on any atom is 0.275 e. The third-order valence-electron chi connectivity index (χ3n) is 4.86. The number of nitriles is 1. The lowest BCUT2D eigenvalue weighted by molar-refractivity contribution is 0.102. The molecule has 0 bridgehead atoms. The Bertz CT molecular complexity index is 1250. The second-order valence-electron chi connectivity index (χ2n) is 7.05. The summed E-state index contributed by atoms with van der Waals surface area (Å²) in [6.45, 7) is 1.87. The molecule has 1 aliphatic heterocycles. The Kier molecular flexibility index (Phi) is 4.82. The lowest BCUT2D eigenvalue weighted by atomic mass is 9.90. The van der Waals surface area contributed by atoms with Gasteiger partial charge in [-0.25, -0.2) is 14.4 Å². The van der Waals surface area contributed by atoms with Crippen LogP contribution in [0.25, 0.3) is 0 Å². The van der Waals surface area contributed by atoms with Crippen molar-refractivity contribution in [2.45, 2.75) is 19.0 Å². The van der Waals surface area contributed by atoms with Crippen LogP contribution in [0.15, 0.2) is 41.7 Å². The molecule has 0 fully saturated rings. The van der Waals surface area contributed by atoms with Crippen molar-refractivity contribution in [3.05, 3.63) is 65.1 Å². The number of carbonyl (C=O) groups excluding carboxylic acids is 1. The smallest absolute Gasteiger partial charge is 0.275 e. The molecule has 0 saturated carbocycles. The van der Waals surface area contributed by atoms with Gasteiger partial charge in [-0.3, -0.25) is 14.5 Å². The molecule has 0 spiro atoms. The number of fused-ring (bicyclic) bond motifs is 1. The highest BCUT2D eigenvalue weighted by molar-refractivity contribution is 6.02. The highest BCUT2D eigenvalue weighted by Crippen LogP contribution is 2.34. The van der Waals surface area contributed by atoms with Crippen LogP contribution in [-0.4, -0.2) is 38.6 Å². The number of methoxy groups -OCH3 is 1. The number of aromatic nitrogens is 4. The summed E-state index contributed by atoms with van der Waals surface area (Å²) in [6, 6.07) is 7.64. The number of hydrogen-bond acceptors (Lipinski definition) is 8. The first-order valence-corrected chi connectivity index (χ1v) is 9.14. The zero-order valence-electron chi connectivity index (χ0n) is 16.6. The topological polar surface area (TPSA) is 144 Å². The molecule has 11 heteroatoms. The average Bonchev–Trinajstić information content (AvgIpc) is 3.18. The second kappa shape index (κ2) is 7.49. The Balaban J connectivity index is 1.64. The van der Waals surface area contributed by atoms with Crippen LogP contribution < -0.4 is 15.8 Å². The van der Waals surface area contributed by atoms with Crippen molar-refractivity contribution < 1.29 is 13.9 Å². The number of nitrogens with two attached hydrogens (primary N) is 1. The zero-order valence-corrected chi connectivity index (χ0v) is 16.6. The standard InChI is InChI=1S/C20H17FN8O2/c1-20(10-29-16(18(23)27-20)6-12(7-22)28-29)13-5-11(3-4-14(13)21)26-19(30)15-8-25-17(31-2)9-24-15/h3-6,8-9H,10H2,1-2H3,(H2,23,27)(H,26,30). The molecule has 3 aromatic rings. The molecular weight excluding hydrogens is 403 g/mol. The van der Waals surface area contributed by atoms with E-state index in [1.807, 2.05) is 6.07 Å². The summed E-state index contributed by atoms with van der Waals surface area (Å²) in [5.41, 5.74) is 6.29. The number of carbonyl (C=O) groups is 1. The van der Waals surface area contributed by atoms with Gasteiger partial charge in [0.15, 0.2) is 5.69 Å². The summed E-state index contributed by atoms with van der Waals surface area (Å²) in [7, 11) is 1.44. The molecule has 4 rings (SSSR count). The van der Waals surface area contributed by atoms with Crippen molar-refractivity contribution in [1.82, 2.24) is 19.7 Å². The van der Waals surface area contributed by atoms with Crippen molar-refractivity contribution >= 4 is 17.4 Å². The summed E-state index contributed by atoms with van der Waals surface area (Å²) in [5, 5.41) is 15.9. The van der Waals surface area contributed by atoms with Crippen LogP contribution in [0.3, 0.4) is 0 Å². The molecule has 1 amide bonds. The van der Waals surface area contributed by atoms with Gasteiger partial charge < -0.3 is 15.8 Å². The number of nitrogens with zero attached hydrogens (tertiary/aromatic N) is 6. The fourth-order valence-corrected chi connectivity index (χ4v) is 3.34. The molecule has 1 aliphatic rings. The van der Waals surface area contributed by atoms with E-state index in [9.17, 15) is 9.18 Å². The zero-order chi connectivity index (χ0) is 22.2. The van der Waals surface area contributed by atoms with Crippen LogP contribution in [0.5, 0.6) is 5.88 Å². The number of benzene rings is 1. The first kappa shape index (κ1) is 20.0. The lowest BCUT2D eigenvalue weighted by Crippen LogP contribution is -2.37. The van der Waals surface area contributed by atoms with Gasteiger partial charge in [-0.05, 0) is 25.1 Å². The lowest BCUT2D eigenvalue weighted by Gasteiger charge is -2.31. The fraction of sp³-hybridized carbons (Fsp3) is 0.200. The van der Waals surface area contributed by atoms with E-state index in [2.05, 4.69) is 25.4 Å². The minimum atomic E-state index is -1.10. The summed E-state index contributed by atoms with van der Waals surface area (Å²) >= 11 is 0. The third kappa shape index (κ3) is 3.66. The van der Waals surface area contributed by atoms with E-state index in [4.69, 9.17) is 15.7 Å². The van der Waals surface area contributed by atoms with Gasteiger partial charge in [-0.2, -0.15) is 10.4 Å². The summed E-state index contributed by atoms with van der Waals surface area (Å²) in [6.07, 6.45) is 2.60. The van der Waals surface area contributed by atoms with Crippen molar-refractivity contribution in [2.24, 2.45) is 10.7 Å². The molecule has 0 radical (unpaired) electrons. The minimum Gasteiger partial charge on any atom is -0.480 e. The number of ether oxygens (including phenoxy) is 1. The number of halogens is 1. The third-order valence-corrected chi connectivity index (χ3v) is 4.86. The number of rotatable bonds is 4. The predicted octanol–water partition coefficient (Wildman–Crippen LogP) is 1.58. The number of amides is 1. The van der Waals surface area contributed by atoms with Crippen LogP contribution in [0.4, 0.5) is 10.1 Å². The molecule has 1 atom stereocenters. The summed E-state index contributed by atoms with van der Waals surface area (Å²) in [5.74, 6) is -0.612. The summed E-state index contributed by atoms with van der Waals surface area (Å²) < 4.78 is 21.2. The molecule has 10 nitrogen and oxygen atoms in total. The number of anilines is 1. The van der Waals surface area contributed by atoms with Crippen LogP contribution in [0.1, 0.15) is 34.4 Å². The van der Waals surface area contributed by atoms with E-state index in [1.54, 1.807) is 6.92 Å². The van der Waals surface area contributed by atoms with E-state index in [1.165, 1.54) is 48.5 Å². The first-order valence-electron chi connectivity index (χ1n) is 9.14. The molecule has 156 valence electrons. The molecule has 1 unspecified atom stereocenters. The van der Waals surface area contributed by atoms with Crippen molar-refractivity contribution in [1.29, 1.82) is 5.26 Å². The number of amidine groups is 1. The number of nitrogens with one attached hydrogen (secondary N) is 1. The van der Waals surface area contributed by atoms with Crippen LogP contribution in [-0.2, 0) is 12.1 Å². The van der Waals surface area contributed by atoms with E-state index in [0.29, 0.717) is 11.4 Å². The predicted molar refractivity (Wildman–Crippen MR) is 108 cm³/mol. The van der Waals surface area contributed by atoms with Crippen molar-refractivity contribution in [3.8, 4) is 11.9 Å². The van der Waals surface area contributed by atoms with Gasteiger partial charge in [-0.15, -0.1) is 0 Å². The maximum absolute atomic E-state index is 14.8. The second-order valence-corrected chi connectivity index (χ2v) is 7.05. The normalized spacial score (nSPS) is 17.3. The largest absolute Gasteiger partial charge is 0.480 e. The summed E-state index contributed by atoms with van der Waals surface area (Å²) in [4.78, 5) is 24.9. The molecule has 0 aliphatic carbocycles. The molecular formula is C20H17FN8O2. The van der Waals surface area contributed by atoms with Crippen LogP contribution in [0, 0.1) is 17.1 Å². The highest BCUT2D eigenvalue weighted by atomic mass is 19.1. The fourth-order valence-electron chi connectivity index (χ4n) is 3.34. The Labute approximate surface area is 176 Å². The molecule has 3 N–H and O–H groups in total. The first-order chi connectivity index (χ1) is 14.8. The van der Waals surface area contributed by atoms with Gasteiger partial charge in [0.1, 0.15) is 34.6 Å². The monoisotopic (exact) mass is 420 g/mol. The van der Waals surface area contributed by atoms with E-state index < -0.39 is 17.3 Å². The van der Waals surface area contributed by atoms with Crippen molar-refractivity contribution in [3.63, 3.8) is 0 Å². The van der Waals surface area contributed by atoms with E-state index in [-0.39, 0.29) is 35.2 Å². The van der Waals surface area contributed by atoms with Gasteiger partial charge in [0.25, 0.3) is 5.91 Å². The minimum absolute atomic E-state index is 0.0723. The van der Waals surface area contributed by atoms with E-state index in [0.717, 1.165) is 0 Å². The Hall–Kier alpha value is -4.33. The SMILES string of the molecule is COc1cnc(C(=O)Nc2ccc(F)c(C3(C)Cn4nc(C#N)cc4C(N)=N3)c2)cn1. The van der Waals surface area contributed by atoms with E-state index >= 15 is 0 Å². The molecule has 0 saturated heterocycles. The van der Waals surface area contributed by atoms with Gasteiger partial charge in [-0.1, -0.05) is 0 Å². The average molecular weight is 420 g/mol. The maximum atomic E-state index is 14.8. The molecule has 2 aromatic heterocycles. The molecule has 1 aromatic carbocycles. The molecule has 31 heavy (non-hydrogen) atoms. The molecule has 3 heterocycles. The number of hydrogen-bond donors (Lipinski definition) is 2.